The van der Waals surface area contributed by atoms with Crippen molar-refractivity contribution in [1.29, 1.82) is 0 Å². The van der Waals surface area contributed by atoms with Gasteiger partial charge in [-0.1, -0.05) is 0 Å². The fraction of sp³-hybridized carbons (Fsp3) is 0.250. The third-order valence-corrected chi connectivity index (χ3v) is 3.65. The molecule has 25 heavy (non-hydrogen) atoms. The van der Waals surface area contributed by atoms with Crippen molar-refractivity contribution < 1.29 is 23.6 Å². The van der Waals surface area contributed by atoms with Crippen LogP contribution in [0.3, 0.4) is 0 Å². The predicted octanol–water partition coefficient (Wildman–Crippen LogP) is 2.18. The predicted molar refractivity (Wildman–Crippen MR) is 85.3 cm³/mol. The molecule has 1 aliphatic heterocycles. The molecule has 0 bridgehead atoms. The first-order valence-electron chi connectivity index (χ1n) is 7.49. The molecule has 8 nitrogen and oxygen atoms in total. The molecule has 2 heterocycles. The number of morpholine rings is 1. The summed E-state index contributed by atoms with van der Waals surface area (Å²) in [5, 5.41) is 11.0. The zero-order valence-electron chi connectivity index (χ0n) is 13.1. The van der Waals surface area contributed by atoms with Gasteiger partial charge in [-0.3, -0.25) is 10.1 Å². The monoisotopic (exact) mass is 347 g/mol. The summed E-state index contributed by atoms with van der Waals surface area (Å²) in [7, 11) is 0. The van der Waals surface area contributed by atoms with Gasteiger partial charge in [0.05, 0.1) is 18.1 Å². The average Bonchev–Trinajstić information content (AvgIpc) is 2.62. The van der Waals surface area contributed by atoms with E-state index in [2.05, 4.69) is 4.98 Å². The number of rotatable bonds is 4. The van der Waals surface area contributed by atoms with Gasteiger partial charge < -0.3 is 14.4 Å². The lowest BCUT2D eigenvalue weighted by atomic mass is 10.2. The number of esters is 1. The summed E-state index contributed by atoms with van der Waals surface area (Å²) in [4.78, 5) is 28.4. The van der Waals surface area contributed by atoms with E-state index in [0.29, 0.717) is 26.3 Å². The van der Waals surface area contributed by atoms with Crippen LogP contribution < -0.4 is 9.64 Å². The van der Waals surface area contributed by atoms with Gasteiger partial charge in [0.2, 0.25) is 5.75 Å². The summed E-state index contributed by atoms with van der Waals surface area (Å²) in [6, 6.07) is 5.93. The minimum absolute atomic E-state index is 0.0254. The largest absolute Gasteiger partial charge is 0.414 e. The normalized spacial score (nSPS) is 14.2. The molecule has 0 radical (unpaired) electrons. The van der Waals surface area contributed by atoms with Crippen LogP contribution in [0.1, 0.15) is 10.5 Å². The second-order valence-corrected chi connectivity index (χ2v) is 5.26. The highest BCUT2D eigenvalue weighted by Gasteiger charge is 2.21. The van der Waals surface area contributed by atoms with Crippen molar-refractivity contribution in [3.05, 3.63) is 58.2 Å². The quantitative estimate of drug-likeness (QED) is 0.362. The molecule has 2 aromatic rings. The molecule has 1 fully saturated rings. The molecule has 1 saturated heterocycles. The first-order chi connectivity index (χ1) is 12.0. The molecule has 1 aliphatic rings. The first-order valence-corrected chi connectivity index (χ1v) is 7.49. The van der Waals surface area contributed by atoms with Crippen LogP contribution in [0.4, 0.5) is 15.8 Å². The summed E-state index contributed by atoms with van der Waals surface area (Å²) in [6.45, 7) is 2.51. The van der Waals surface area contributed by atoms with Crippen molar-refractivity contribution >= 4 is 17.3 Å². The van der Waals surface area contributed by atoms with Gasteiger partial charge in [-0.15, -0.1) is 0 Å². The van der Waals surface area contributed by atoms with Crippen molar-refractivity contribution in [3.8, 4) is 5.75 Å². The average molecular weight is 347 g/mol. The molecular formula is C16H14FN3O5. The molecule has 1 aromatic heterocycles. The van der Waals surface area contributed by atoms with Crippen LogP contribution in [0.25, 0.3) is 0 Å². The van der Waals surface area contributed by atoms with Crippen LogP contribution in [0.5, 0.6) is 5.75 Å². The number of hydrogen-bond donors (Lipinski definition) is 0. The van der Waals surface area contributed by atoms with E-state index in [4.69, 9.17) is 9.47 Å². The number of carbonyl (C=O) groups excluding carboxylic acids is 1. The van der Waals surface area contributed by atoms with E-state index >= 15 is 0 Å². The van der Waals surface area contributed by atoms with E-state index in [9.17, 15) is 19.3 Å². The standard InChI is InChI=1S/C16H14FN3O5/c17-11-1-2-14(20(22)23)15(9-11)25-16(21)13-10-12(3-4-18-13)19-5-7-24-8-6-19/h1-4,9-10H,5-8H2. The van der Waals surface area contributed by atoms with Gasteiger partial charge in [-0.2, -0.15) is 0 Å². The number of anilines is 1. The van der Waals surface area contributed by atoms with E-state index in [-0.39, 0.29) is 5.69 Å². The van der Waals surface area contributed by atoms with E-state index in [1.54, 1.807) is 6.07 Å². The number of nitrogens with zero attached hydrogens (tertiary/aromatic N) is 3. The van der Waals surface area contributed by atoms with Gasteiger partial charge in [0.15, 0.2) is 5.69 Å². The number of nitro benzene ring substituents is 1. The number of aromatic nitrogens is 1. The third-order valence-electron chi connectivity index (χ3n) is 3.65. The minimum Gasteiger partial charge on any atom is -0.414 e. The van der Waals surface area contributed by atoms with Crippen molar-refractivity contribution in [2.45, 2.75) is 0 Å². The molecule has 130 valence electrons. The van der Waals surface area contributed by atoms with E-state index < -0.39 is 28.1 Å². The lowest BCUT2D eigenvalue weighted by molar-refractivity contribution is -0.385. The van der Waals surface area contributed by atoms with Crippen molar-refractivity contribution in [2.24, 2.45) is 0 Å². The van der Waals surface area contributed by atoms with Crippen LogP contribution in [0, 0.1) is 15.9 Å². The van der Waals surface area contributed by atoms with E-state index in [1.165, 1.54) is 12.3 Å². The molecule has 0 unspecified atom stereocenters. The lowest BCUT2D eigenvalue weighted by Gasteiger charge is -2.28. The number of halogens is 1. The third kappa shape index (κ3) is 3.89. The van der Waals surface area contributed by atoms with E-state index in [1.807, 2.05) is 4.90 Å². The maximum atomic E-state index is 13.3. The molecule has 0 spiro atoms. The van der Waals surface area contributed by atoms with Gasteiger partial charge >= 0.3 is 11.7 Å². The Balaban J connectivity index is 1.82. The van der Waals surface area contributed by atoms with Crippen LogP contribution in [0.15, 0.2) is 36.5 Å². The number of hydrogen-bond acceptors (Lipinski definition) is 7. The Morgan fingerprint density at radius 2 is 2.04 bits per heavy atom. The van der Waals surface area contributed by atoms with Gasteiger partial charge in [0, 0.05) is 37.1 Å². The molecular weight excluding hydrogens is 333 g/mol. The lowest BCUT2D eigenvalue weighted by Crippen LogP contribution is -2.36. The molecule has 3 rings (SSSR count). The van der Waals surface area contributed by atoms with Gasteiger partial charge in [-0.25, -0.2) is 14.2 Å². The molecule has 0 N–H and O–H groups in total. The van der Waals surface area contributed by atoms with Crippen LogP contribution in [-0.4, -0.2) is 42.2 Å². The van der Waals surface area contributed by atoms with Crippen molar-refractivity contribution in [2.75, 3.05) is 31.2 Å². The zero-order valence-corrected chi connectivity index (χ0v) is 13.1. The molecule has 0 aliphatic carbocycles. The number of ether oxygens (including phenoxy) is 2. The van der Waals surface area contributed by atoms with Gasteiger partial charge in [0.25, 0.3) is 0 Å². The molecule has 0 saturated carbocycles. The number of nitro groups is 1. The summed E-state index contributed by atoms with van der Waals surface area (Å²) >= 11 is 0. The van der Waals surface area contributed by atoms with Crippen LogP contribution in [0.2, 0.25) is 0 Å². The molecule has 0 atom stereocenters. The van der Waals surface area contributed by atoms with Gasteiger partial charge in [-0.05, 0) is 18.2 Å². The highest BCUT2D eigenvalue weighted by atomic mass is 19.1. The Bertz CT molecular complexity index is 808. The second-order valence-electron chi connectivity index (χ2n) is 5.26. The second kappa shape index (κ2) is 7.22. The number of carbonyl (C=O) groups is 1. The Morgan fingerprint density at radius 3 is 2.76 bits per heavy atom. The summed E-state index contributed by atoms with van der Waals surface area (Å²) < 4.78 is 23.6. The first kappa shape index (κ1) is 16.8. The fourth-order valence-corrected chi connectivity index (χ4v) is 2.42. The van der Waals surface area contributed by atoms with Crippen LogP contribution >= 0.6 is 0 Å². The Kier molecular flexibility index (Phi) is 4.85. The zero-order chi connectivity index (χ0) is 17.8. The number of pyridine rings is 1. The van der Waals surface area contributed by atoms with Crippen molar-refractivity contribution in [1.82, 2.24) is 4.98 Å². The summed E-state index contributed by atoms with van der Waals surface area (Å²) in [6.07, 6.45) is 1.45. The highest BCUT2D eigenvalue weighted by Crippen LogP contribution is 2.28. The molecule has 1 aromatic carbocycles. The van der Waals surface area contributed by atoms with Gasteiger partial charge in [0.1, 0.15) is 5.82 Å². The Labute approximate surface area is 141 Å². The fourth-order valence-electron chi connectivity index (χ4n) is 2.42. The Hall–Kier alpha value is -3.07. The smallest absolute Gasteiger partial charge is 0.362 e. The maximum Gasteiger partial charge on any atom is 0.362 e. The van der Waals surface area contributed by atoms with E-state index in [0.717, 1.165) is 23.9 Å². The molecule has 9 heteroatoms. The number of benzene rings is 1. The maximum absolute atomic E-state index is 13.3. The van der Waals surface area contributed by atoms with Crippen LogP contribution in [-0.2, 0) is 4.74 Å². The Morgan fingerprint density at radius 1 is 1.28 bits per heavy atom. The topological polar surface area (TPSA) is 94.8 Å². The summed E-state index contributed by atoms with van der Waals surface area (Å²) in [5.74, 6) is -2.11. The minimum atomic E-state index is -0.899. The van der Waals surface area contributed by atoms with Crippen molar-refractivity contribution in [3.63, 3.8) is 0 Å². The SMILES string of the molecule is O=C(Oc1cc(F)ccc1[N+](=O)[O-])c1cc(N2CCOCC2)ccn1. The highest BCUT2D eigenvalue weighted by molar-refractivity contribution is 5.90. The summed E-state index contributed by atoms with van der Waals surface area (Å²) in [5.41, 5.74) is 0.237. The molecule has 0 amide bonds.